The molecule has 0 aromatic heterocycles. The van der Waals surface area contributed by atoms with E-state index in [-0.39, 0.29) is 5.97 Å². The molecule has 0 radical (unpaired) electrons. The van der Waals surface area contributed by atoms with E-state index < -0.39 is 5.60 Å². The zero-order chi connectivity index (χ0) is 11.9. The van der Waals surface area contributed by atoms with E-state index in [0.29, 0.717) is 0 Å². The maximum absolute atomic E-state index is 10.9. The molecule has 0 heterocycles. The minimum atomic E-state index is -0.584. The molecule has 0 saturated carbocycles. The van der Waals surface area contributed by atoms with Crippen LogP contribution in [0.15, 0.2) is 30.0 Å². The second-order valence-corrected chi connectivity index (χ2v) is 4.07. The second-order valence-electron chi connectivity index (χ2n) is 4.07. The average molecular weight is 208 g/mol. The molecule has 1 atom stereocenters. The number of hydrogen-bond donors (Lipinski definition) is 0. The molecule has 1 unspecified atom stereocenters. The van der Waals surface area contributed by atoms with Crippen molar-refractivity contribution in [3.05, 3.63) is 30.0 Å². The van der Waals surface area contributed by atoms with Crippen LogP contribution in [0.1, 0.15) is 40.5 Å². The van der Waals surface area contributed by atoms with Crippen molar-refractivity contribution < 1.29 is 9.53 Å². The van der Waals surface area contributed by atoms with Gasteiger partial charge in [-0.05, 0) is 33.6 Å². The molecule has 0 aromatic carbocycles. The molecule has 0 saturated heterocycles. The lowest BCUT2D eigenvalue weighted by Crippen LogP contribution is -2.28. The molecule has 0 aliphatic rings. The Labute approximate surface area is 92.3 Å². The van der Waals surface area contributed by atoms with E-state index >= 15 is 0 Å². The predicted octanol–water partition coefficient (Wildman–Crippen LogP) is 3.40. The standard InChI is InChI=1S/C13H20O2/c1-6-9-13(5,15-12(4)14)10-7-8-11(2)3/h8-9H,1,7,10H2,2-5H3. The summed E-state index contributed by atoms with van der Waals surface area (Å²) in [7, 11) is 0. The number of ether oxygens (including phenoxy) is 1. The van der Waals surface area contributed by atoms with Crippen molar-refractivity contribution >= 4 is 5.97 Å². The fourth-order valence-electron chi connectivity index (χ4n) is 1.34. The molecule has 0 bridgehead atoms. The van der Waals surface area contributed by atoms with Crippen molar-refractivity contribution in [2.75, 3.05) is 0 Å². The van der Waals surface area contributed by atoms with Gasteiger partial charge in [0.1, 0.15) is 5.60 Å². The minimum absolute atomic E-state index is 0.277. The van der Waals surface area contributed by atoms with Crippen molar-refractivity contribution in [3.63, 3.8) is 0 Å². The number of carbonyl (C=O) groups excluding carboxylic acids is 1. The van der Waals surface area contributed by atoms with Gasteiger partial charge in [-0.2, -0.15) is 0 Å². The van der Waals surface area contributed by atoms with Gasteiger partial charge in [0.15, 0.2) is 0 Å². The van der Waals surface area contributed by atoms with Crippen LogP contribution in [-0.2, 0) is 9.53 Å². The Morgan fingerprint density at radius 1 is 1.47 bits per heavy atom. The zero-order valence-electron chi connectivity index (χ0n) is 10.1. The quantitative estimate of drug-likeness (QED) is 0.393. The van der Waals surface area contributed by atoms with Crippen LogP contribution in [0.3, 0.4) is 0 Å². The smallest absolute Gasteiger partial charge is 0.303 e. The molecule has 0 aliphatic heterocycles. The molecule has 0 N–H and O–H groups in total. The SMILES string of the molecule is C=C=CC(C)(CCC=C(C)C)OC(C)=O. The molecule has 0 amide bonds. The normalized spacial score (nSPS) is 13.3. The first kappa shape index (κ1) is 13.7. The summed E-state index contributed by atoms with van der Waals surface area (Å²) in [5, 5.41) is 0. The lowest BCUT2D eigenvalue weighted by molar-refractivity contribution is -0.151. The lowest BCUT2D eigenvalue weighted by atomic mass is 9.99. The number of rotatable bonds is 5. The minimum Gasteiger partial charge on any atom is -0.455 e. The van der Waals surface area contributed by atoms with Crippen molar-refractivity contribution in [2.45, 2.75) is 46.1 Å². The molecular weight excluding hydrogens is 188 g/mol. The molecule has 0 rings (SSSR count). The second kappa shape index (κ2) is 6.26. The summed E-state index contributed by atoms with van der Waals surface area (Å²) in [6, 6.07) is 0. The highest BCUT2D eigenvalue weighted by atomic mass is 16.6. The van der Waals surface area contributed by atoms with Crippen LogP contribution in [-0.4, -0.2) is 11.6 Å². The highest BCUT2D eigenvalue weighted by Gasteiger charge is 2.23. The summed E-state index contributed by atoms with van der Waals surface area (Å²) in [4.78, 5) is 10.9. The van der Waals surface area contributed by atoms with Crippen molar-refractivity contribution in [1.29, 1.82) is 0 Å². The van der Waals surface area contributed by atoms with Crippen LogP contribution >= 0.6 is 0 Å². The maximum Gasteiger partial charge on any atom is 0.303 e. The van der Waals surface area contributed by atoms with Crippen LogP contribution in [0, 0.1) is 0 Å². The Kier molecular flexibility index (Phi) is 5.73. The fourth-order valence-corrected chi connectivity index (χ4v) is 1.34. The largest absolute Gasteiger partial charge is 0.455 e. The highest BCUT2D eigenvalue weighted by Crippen LogP contribution is 2.20. The van der Waals surface area contributed by atoms with E-state index in [4.69, 9.17) is 4.74 Å². The third-order valence-corrected chi connectivity index (χ3v) is 1.98. The van der Waals surface area contributed by atoms with E-state index in [1.807, 2.05) is 20.8 Å². The Morgan fingerprint density at radius 2 is 2.07 bits per heavy atom. The Balaban J connectivity index is 4.44. The van der Waals surface area contributed by atoms with Crippen LogP contribution < -0.4 is 0 Å². The molecule has 0 aliphatic carbocycles. The Morgan fingerprint density at radius 3 is 2.47 bits per heavy atom. The summed E-state index contributed by atoms with van der Waals surface area (Å²) in [6.45, 7) is 10.9. The maximum atomic E-state index is 10.9. The van der Waals surface area contributed by atoms with Crippen LogP contribution in [0.4, 0.5) is 0 Å². The van der Waals surface area contributed by atoms with Crippen LogP contribution in [0.2, 0.25) is 0 Å². The zero-order valence-corrected chi connectivity index (χ0v) is 10.1. The number of carbonyl (C=O) groups is 1. The Hall–Kier alpha value is -1.27. The lowest BCUT2D eigenvalue weighted by Gasteiger charge is -2.24. The van der Waals surface area contributed by atoms with Gasteiger partial charge in [0.25, 0.3) is 0 Å². The van der Waals surface area contributed by atoms with E-state index in [9.17, 15) is 4.79 Å². The summed E-state index contributed by atoms with van der Waals surface area (Å²) in [5.74, 6) is -0.277. The predicted molar refractivity (Wildman–Crippen MR) is 62.5 cm³/mol. The molecule has 15 heavy (non-hydrogen) atoms. The molecule has 0 fully saturated rings. The highest BCUT2D eigenvalue weighted by molar-refractivity contribution is 5.66. The van der Waals surface area contributed by atoms with Crippen LogP contribution in [0.5, 0.6) is 0 Å². The number of esters is 1. The summed E-state index contributed by atoms with van der Waals surface area (Å²) >= 11 is 0. The van der Waals surface area contributed by atoms with Gasteiger partial charge in [0, 0.05) is 13.0 Å². The molecule has 0 aromatic rings. The van der Waals surface area contributed by atoms with Crippen LogP contribution in [0.25, 0.3) is 0 Å². The van der Waals surface area contributed by atoms with E-state index in [1.165, 1.54) is 12.5 Å². The summed E-state index contributed by atoms with van der Waals surface area (Å²) in [5.41, 5.74) is 3.36. The monoisotopic (exact) mass is 208 g/mol. The van der Waals surface area contributed by atoms with Crippen molar-refractivity contribution in [3.8, 4) is 0 Å². The van der Waals surface area contributed by atoms with Crippen molar-refractivity contribution in [1.82, 2.24) is 0 Å². The van der Waals surface area contributed by atoms with Gasteiger partial charge in [-0.15, -0.1) is 5.73 Å². The third kappa shape index (κ3) is 6.75. The van der Waals surface area contributed by atoms with E-state index in [1.54, 1.807) is 6.08 Å². The Bertz CT molecular complexity index is 292. The average Bonchev–Trinajstić information content (AvgIpc) is 2.01. The molecular formula is C13H20O2. The van der Waals surface area contributed by atoms with Gasteiger partial charge in [0.05, 0.1) is 0 Å². The van der Waals surface area contributed by atoms with Gasteiger partial charge >= 0.3 is 5.97 Å². The summed E-state index contributed by atoms with van der Waals surface area (Å²) in [6.07, 6.45) is 5.45. The molecule has 0 spiro atoms. The first-order valence-corrected chi connectivity index (χ1v) is 5.09. The molecule has 84 valence electrons. The van der Waals surface area contributed by atoms with Gasteiger partial charge in [-0.25, -0.2) is 0 Å². The third-order valence-electron chi connectivity index (χ3n) is 1.98. The summed E-state index contributed by atoms with van der Waals surface area (Å²) < 4.78 is 5.23. The van der Waals surface area contributed by atoms with Gasteiger partial charge in [-0.3, -0.25) is 4.79 Å². The first-order chi connectivity index (χ1) is 6.89. The van der Waals surface area contributed by atoms with E-state index in [2.05, 4.69) is 18.4 Å². The van der Waals surface area contributed by atoms with Gasteiger partial charge in [0.2, 0.25) is 0 Å². The number of hydrogen-bond acceptors (Lipinski definition) is 2. The van der Waals surface area contributed by atoms with Gasteiger partial charge in [-0.1, -0.05) is 18.2 Å². The fraction of sp³-hybridized carbons (Fsp3) is 0.538. The topological polar surface area (TPSA) is 26.3 Å². The molecule has 2 heteroatoms. The van der Waals surface area contributed by atoms with E-state index in [0.717, 1.165) is 12.8 Å². The van der Waals surface area contributed by atoms with Gasteiger partial charge < -0.3 is 4.74 Å². The van der Waals surface area contributed by atoms with Crippen molar-refractivity contribution in [2.24, 2.45) is 0 Å². The first-order valence-electron chi connectivity index (χ1n) is 5.09. The number of allylic oxidation sites excluding steroid dienone is 2. The molecule has 2 nitrogen and oxygen atoms in total.